The highest BCUT2D eigenvalue weighted by atomic mass is 32.3. The van der Waals surface area contributed by atoms with E-state index in [1.165, 1.54) is 12.1 Å². The van der Waals surface area contributed by atoms with Crippen molar-refractivity contribution >= 4 is 16.2 Å². The molecule has 0 fully saturated rings. The number of phenolic OH excluding ortho intramolecular Hbond substituents is 1. The highest BCUT2D eigenvalue weighted by Crippen LogP contribution is 2.09. The summed E-state index contributed by atoms with van der Waals surface area (Å²) in [6.45, 7) is 0. The van der Waals surface area contributed by atoms with E-state index in [1.54, 1.807) is 12.1 Å². The van der Waals surface area contributed by atoms with Crippen LogP contribution in [0.1, 0.15) is 5.56 Å². The number of phenols is 1. The van der Waals surface area contributed by atoms with E-state index in [2.05, 4.69) is 0 Å². The number of amidine groups is 1. The number of nitrogens with two attached hydrogens (primary N) is 1. The molecule has 0 heterocycles. The molecule has 1 rings (SSSR count). The van der Waals surface area contributed by atoms with Crippen molar-refractivity contribution in [2.45, 2.75) is 0 Å². The van der Waals surface area contributed by atoms with Crippen LogP contribution < -0.4 is 5.73 Å². The van der Waals surface area contributed by atoms with Crippen LogP contribution in [0.15, 0.2) is 24.3 Å². The van der Waals surface area contributed by atoms with Gasteiger partial charge in [0.05, 0.1) is 0 Å². The Labute approximate surface area is 86.3 Å². The molecule has 0 aliphatic rings. The van der Waals surface area contributed by atoms with Crippen LogP contribution in [0.5, 0.6) is 5.75 Å². The molecule has 0 aliphatic carbocycles. The molecule has 0 aromatic heterocycles. The Morgan fingerprint density at radius 3 is 2.07 bits per heavy atom. The van der Waals surface area contributed by atoms with Crippen molar-refractivity contribution in [1.29, 1.82) is 5.41 Å². The van der Waals surface area contributed by atoms with Crippen molar-refractivity contribution in [3.8, 4) is 5.75 Å². The minimum atomic E-state index is -4.67. The van der Waals surface area contributed by atoms with Gasteiger partial charge in [0.15, 0.2) is 0 Å². The van der Waals surface area contributed by atoms with Gasteiger partial charge in [-0.1, -0.05) is 12.1 Å². The summed E-state index contributed by atoms with van der Waals surface area (Å²) in [6.07, 6.45) is 0. The first-order valence-electron chi connectivity index (χ1n) is 3.53. The monoisotopic (exact) mass is 234 g/mol. The third kappa shape index (κ3) is 8.68. The number of benzene rings is 1. The minimum absolute atomic E-state index is 0.0316. The van der Waals surface area contributed by atoms with Crippen LogP contribution in [0.25, 0.3) is 0 Å². The fraction of sp³-hybridized carbons (Fsp3) is 0. The highest BCUT2D eigenvalue weighted by molar-refractivity contribution is 7.79. The van der Waals surface area contributed by atoms with Gasteiger partial charge >= 0.3 is 10.4 Å². The predicted octanol–water partition coefficient (Wildman–Crippen LogP) is 0.0235. The van der Waals surface area contributed by atoms with Crippen LogP contribution in [-0.2, 0) is 10.4 Å². The second-order valence-electron chi connectivity index (χ2n) is 2.41. The van der Waals surface area contributed by atoms with Crippen LogP contribution in [0.2, 0.25) is 0 Å². The summed E-state index contributed by atoms with van der Waals surface area (Å²) in [4.78, 5) is 0. The maximum Gasteiger partial charge on any atom is 0.394 e. The molecule has 0 saturated carbocycles. The summed E-state index contributed by atoms with van der Waals surface area (Å²) in [6, 6.07) is 6.29. The number of rotatable bonds is 1. The molecule has 1 aromatic rings. The van der Waals surface area contributed by atoms with E-state index in [9.17, 15) is 0 Å². The van der Waals surface area contributed by atoms with Crippen molar-refractivity contribution in [2.24, 2.45) is 5.73 Å². The molecular weight excluding hydrogens is 224 g/mol. The van der Waals surface area contributed by atoms with Crippen molar-refractivity contribution in [1.82, 2.24) is 0 Å². The van der Waals surface area contributed by atoms with E-state index in [-0.39, 0.29) is 11.6 Å². The first-order chi connectivity index (χ1) is 6.70. The molecule has 8 heteroatoms. The zero-order valence-electron chi connectivity index (χ0n) is 7.45. The Bertz CT molecular complexity index is 434. The summed E-state index contributed by atoms with van der Waals surface area (Å²) in [5.41, 5.74) is 5.70. The second kappa shape index (κ2) is 5.29. The summed E-state index contributed by atoms with van der Waals surface area (Å²) in [5.74, 6) is 0.101. The Morgan fingerprint density at radius 2 is 1.80 bits per heavy atom. The molecule has 0 atom stereocenters. The number of nitrogen functional groups attached to an aromatic ring is 1. The Morgan fingerprint density at radius 1 is 1.33 bits per heavy atom. The van der Waals surface area contributed by atoms with E-state index in [0.29, 0.717) is 5.56 Å². The van der Waals surface area contributed by atoms with Gasteiger partial charge in [-0.05, 0) is 12.1 Å². The normalized spacial score (nSPS) is 10.0. The van der Waals surface area contributed by atoms with Crippen LogP contribution in [0, 0.1) is 5.41 Å². The molecule has 0 aliphatic heterocycles. The van der Waals surface area contributed by atoms with Gasteiger partial charge in [0.2, 0.25) is 0 Å². The predicted molar refractivity (Wildman–Crippen MR) is 53.3 cm³/mol. The van der Waals surface area contributed by atoms with E-state index >= 15 is 0 Å². The average Bonchev–Trinajstić information content (AvgIpc) is 2.00. The maximum absolute atomic E-state index is 8.91. The number of hydrogen-bond donors (Lipinski definition) is 5. The Hall–Kier alpha value is -1.64. The third-order valence-electron chi connectivity index (χ3n) is 1.16. The molecular formula is C7H10N2O5S. The van der Waals surface area contributed by atoms with E-state index in [0.717, 1.165) is 0 Å². The Kier molecular flexibility index (Phi) is 4.71. The maximum atomic E-state index is 8.91. The van der Waals surface area contributed by atoms with Crippen LogP contribution in [-0.4, -0.2) is 28.5 Å². The smallest absolute Gasteiger partial charge is 0.394 e. The van der Waals surface area contributed by atoms with E-state index in [1.807, 2.05) is 0 Å². The second-order valence-corrected chi connectivity index (χ2v) is 3.31. The summed E-state index contributed by atoms with van der Waals surface area (Å²) < 4.78 is 31.6. The van der Waals surface area contributed by atoms with Crippen molar-refractivity contribution in [2.75, 3.05) is 0 Å². The van der Waals surface area contributed by atoms with Gasteiger partial charge in [-0.2, -0.15) is 8.42 Å². The molecule has 0 spiro atoms. The number of nitrogens with one attached hydrogen (secondary N) is 1. The summed E-state index contributed by atoms with van der Waals surface area (Å²) in [5, 5.41) is 15.9. The molecule has 7 nitrogen and oxygen atoms in total. The topological polar surface area (TPSA) is 145 Å². The molecule has 0 saturated heterocycles. The highest BCUT2D eigenvalue weighted by Gasteiger charge is 1.94. The van der Waals surface area contributed by atoms with Gasteiger partial charge in [-0.15, -0.1) is 0 Å². The molecule has 1 aromatic carbocycles. The molecule has 0 unspecified atom stereocenters. The Balaban J connectivity index is 0.000000336. The van der Waals surface area contributed by atoms with Crippen molar-refractivity contribution in [3.05, 3.63) is 29.8 Å². The lowest BCUT2D eigenvalue weighted by Crippen LogP contribution is -2.10. The van der Waals surface area contributed by atoms with E-state index < -0.39 is 10.4 Å². The standard InChI is InChI=1S/C7H8N2O.H2O4S/c8-7(9)5-2-1-3-6(10)4-5;1-5(2,3)4/h1-4,10H,(H3,8,9);(H2,1,2,3,4). The van der Waals surface area contributed by atoms with Gasteiger partial charge in [0, 0.05) is 5.56 Å². The average molecular weight is 234 g/mol. The lowest BCUT2D eigenvalue weighted by Gasteiger charge is -1.96. The van der Waals surface area contributed by atoms with Gasteiger partial charge in [-0.3, -0.25) is 14.5 Å². The summed E-state index contributed by atoms with van der Waals surface area (Å²) in [7, 11) is -4.67. The molecule has 6 N–H and O–H groups in total. The third-order valence-corrected chi connectivity index (χ3v) is 1.16. The quantitative estimate of drug-likeness (QED) is 0.263. The zero-order valence-corrected chi connectivity index (χ0v) is 8.27. The molecule has 0 amide bonds. The number of hydrogen-bond acceptors (Lipinski definition) is 4. The summed E-state index contributed by atoms with van der Waals surface area (Å²) >= 11 is 0. The molecule has 84 valence electrons. The van der Waals surface area contributed by atoms with Crippen LogP contribution in [0.4, 0.5) is 0 Å². The number of aromatic hydroxyl groups is 1. The first-order valence-corrected chi connectivity index (χ1v) is 4.93. The van der Waals surface area contributed by atoms with Crippen molar-refractivity contribution < 1.29 is 22.6 Å². The van der Waals surface area contributed by atoms with Gasteiger partial charge in [0.25, 0.3) is 0 Å². The van der Waals surface area contributed by atoms with Crippen LogP contribution >= 0.6 is 0 Å². The lowest BCUT2D eigenvalue weighted by molar-refractivity contribution is 0.381. The lowest BCUT2D eigenvalue weighted by atomic mass is 10.2. The van der Waals surface area contributed by atoms with E-state index in [4.69, 9.17) is 33.8 Å². The van der Waals surface area contributed by atoms with Gasteiger partial charge in [0.1, 0.15) is 11.6 Å². The minimum Gasteiger partial charge on any atom is -0.508 e. The SMILES string of the molecule is N=C(N)c1cccc(O)c1.O=S(=O)(O)O. The molecule has 0 bridgehead atoms. The molecule has 0 radical (unpaired) electrons. The zero-order chi connectivity index (χ0) is 12.1. The van der Waals surface area contributed by atoms with Crippen molar-refractivity contribution in [3.63, 3.8) is 0 Å². The van der Waals surface area contributed by atoms with Gasteiger partial charge < -0.3 is 10.8 Å². The fourth-order valence-corrected chi connectivity index (χ4v) is 0.673. The largest absolute Gasteiger partial charge is 0.508 e. The fourth-order valence-electron chi connectivity index (χ4n) is 0.673. The molecule has 15 heavy (non-hydrogen) atoms. The van der Waals surface area contributed by atoms with Gasteiger partial charge in [-0.25, -0.2) is 0 Å². The first kappa shape index (κ1) is 13.4. The van der Waals surface area contributed by atoms with Crippen LogP contribution in [0.3, 0.4) is 0 Å².